The van der Waals surface area contributed by atoms with E-state index in [1.54, 1.807) is 0 Å². The number of hydrogen-bond donors (Lipinski definition) is 0. The van der Waals surface area contributed by atoms with Gasteiger partial charge in [-0.25, -0.2) is 0 Å². The zero-order valence-electron chi connectivity index (χ0n) is 14.6. The third kappa shape index (κ3) is 5.59. The van der Waals surface area contributed by atoms with Crippen LogP contribution >= 0.6 is 0 Å². The van der Waals surface area contributed by atoms with Crippen molar-refractivity contribution in [3.8, 4) is 0 Å². The van der Waals surface area contributed by atoms with Gasteiger partial charge in [0, 0.05) is 26.3 Å². The van der Waals surface area contributed by atoms with Gasteiger partial charge in [0.1, 0.15) is 0 Å². The number of likely N-dealkylation sites (tertiary alicyclic amines) is 1. The van der Waals surface area contributed by atoms with E-state index < -0.39 is 0 Å². The Kier molecular flexibility index (Phi) is 6.49. The molecular formula is C20H32N2O. The van der Waals surface area contributed by atoms with Gasteiger partial charge in [-0.05, 0) is 69.8 Å². The summed E-state index contributed by atoms with van der Waals surface area (Å²) in [6.07, 6.45) is 5.28. The molecule has 2 aliphatic heterocycles. The summed E-state index contributed by atoms with van der Waals surface area (Å²) in [4.78, 5) is 5.16. The molecule has 1 atom stereocenters. The Morgan fingerprint density at radius 1 is 1.09 bits per heavy atom. The number of piperidine rings is 1. The number of rotatable bonds is 7. The molecule has 23 heavy (non-hydrogen) atoms. The molecule has 3 heteroatoms. The third-order valence-corrected chi connectivity index (χ3v) is 5.47. The molecular weight excluding hydrogens is 284 g/mol. The first kappa shape index (κ1) is 16.9. The van der Waals surface area contributed by atoms with E-state index in [1.165, 1.54) is 57.4 Å². The van der Waals surface area contributed by atoms with Crippen LogP contribution in [0.4, 0.5) is 0 Å². The van der Waals surface area contributed by atoms with Crippen LogP contribution in [0, 0.1) is 11.8 Å². The number of ether oxygens (including phenoxy) is 1. The van der Waals surface area contributed by atoms with E-state index in [4.69, 9.17) is 4.74 Å². The highest BCUT2D eigenvalue weighted by Gasteiger charge is 2.21. The van der Waals surface area contributed by atoms with E-state index in [1.807, 2.05) is 0 Å². The molecule has 0 aromatic heterocycles. The van der Waals surface area contributed by atoms with Gasteiger partial charge in [0.2, 0.25) is 0 Å². The second kappa shape index (κ2) is 8.81. The van der Waals surface area contributed by atoms with Crippen molar-refractivity contribution in [1.29, 1.82) is 0 Å². The first-order valence-electron chi connectivity index (χ1n) is 9.32. The third-order valence-electron chi connectivity index (χ3n) is 5.47. The van der Waals surface area contributed by atoms with Gasteiger partial charge < -0.3 is 9.64 Å². The fraction of sp³-hybridized carbons (Fsp3) is 0.700. The van der Waals surface area contributed by atoms with E-state index in [9.17, 15) is 0 Å². The minimum Gasteiger partial charge on any atom is -0.381 e. The van der Waals surface area contributed by atoms with Crippen LogP contribution in [0.1, 0.15) is 31.2 Å². The molecule has 1 aromatic rings. The monoisotopic (exact) mass is 316 g/mol. The average Bonchev–Trinajstić information content (AvgIpc) is 3.09. The lowest BCUT2D eigenvalue weighted by Crippen LogP contribution is -2.37. The van der Waals surface area contributed by atoms with Crippen LogP contribution in [0.25, 0.3) is 0 Å². The van der Waals surface area contributed by atoms with Gasteiger partial charge in [0.05, 0.1) is 0 Å². The van der Waals surface area contributed by atoms with E-state index >= 15 is 0 Å². The highest BCUT2D eigenvalue weighted by molar-refractivity contribution is 5.14. The molecule has 2 aliphatic rings. The molecule has 2 fully saturated rings. The molecule has 0 N–H and O–H groups in total. The average molecular weight is 316 g/mol. The Labute approximate surface area is 141 Å². The van der Waals surface area contributed by atoms with E-state index in [-0.39, 0.29) is 0 Å². The molecule has 2 saturated heterocycles. The molecule has 3 rings (SSSR count). The summed E-state index contributed by atoms with van der Waals surface area (Å²) in [7, 11) is 2.30. The molecule has 2 heterocycles. The SMILES string of the molecule is CN(CCC1CCOC1)CC1CCN(Cc2ccccc2)CC1. The van der Waals surface area contributed by atoms with Crippen molar-refractivity contribution in [2.75, 3.05) is 46.4 Å². The van der Waals surface area contributed by atoms with Crippen molar-refractivity contribution in [1.82, 2.24) is 9.80 Å². The van der Waals surface area contributed by atoms with Crippen LogP contribution in [0.2, 0.25) is 0 Å². The highest BCUT2D eigenvalue weighted by Crippen LogP contribution is 2.21. The maximum absolute atomic E-state index is 5.48. The lowest BCUT2D eigenvalue weighted by Gasteiger charge is -2.34. The highest BCUT2D eigenvalue weighted by atomic mass is 16.5. The molecule has 0 saturated carbocycles. The van der Waals surface area contributed by atoms with Crippen molar-refractivity contribution < 1.29 is 4.74 Å². The molecule has 0 spiro atoms. The summed E-state index contributed by atoms with van der Waals surface area (Å²) < 4.78 is 5.48. The Hall–Kier alpha value is -0.900. The van der Waals surface area contributed by atoms with Gasteiger partial charge in [-0.3, -0.25) is 4.90 Å². The quantitative estimate of drug-likeness (QED) is 0.768. The van der Waals surface area contributed by atoms with Gasteiger partial charge in [0.25, 0.3) is 0 Å². The van der Waals surface area contributed by atoms with Crippen molar-refractivity contribution >= 4 is 0 Å². The maximum Gasteiger partial charge on any atom is 0.0495 e. The van der Waals surface area contributed by atoms with Crippen LogP contribution in [0.3, 0.4) is 0 Å². The zero-order valence-corrected chi connectivity index (χ0v) is 14.6. The van der Waals surface area contributed by atoms with Crippen LogP contribution in [-0.4, -0.2) is 56.2 Å². The van der Waals surface area contributed by atoms with Crippen LogP contribution in [-0.2, 0) is 11.3 Å². The van der Waals surface area contributed by atoms with Crippen LogP contribution in [0.5, 0.6) is 0 Å². The van der Waals surface area contributed by atoms with Gasteiger partial charge >= 0.3 is 0 Å². The van der Waals surface area contributed by atoms with Crippen LogP contribution < -0.4 is 0 Å². The van der Waals surface area contributed by atoms with Gasteiger partial charge in [-0.2, -0.15) is 0 Å². The Balaban J connectivity index is 1.32. The molecule has 1 aromatic carbocycles. The molecule has 3 nitrogen and oxygen atoms in total. The predicted octanol–water partition coefficient (Wildman–Crippen LogP) is 3.26. The Morgan fingerprint density at radius 2 is 1.87 bits per heavy atom. The number of nitrogens with zero attached hydrogens (tertiary/aromatic N) is 2. The first-order chi connectivity index (χ1) is 11.3. The summed E-state index contributed by atoms with van der Waals surface area (Å²) in [5, 5.41) is 0. The standard InChI is InChI=1S/C20H32N2O/c1-21(11-7-20-10-14-23-17-20)15-19-8-12-22(13-9-19)16-18-5-3-2-4-6-18/h2-6,19-20H,7-17H2,1H3. The molecule has 0 amide bonds. The lowest BCUT2D eigenvalue weighted by atomic mass is 9.95. The normalized spacial score (nSPS) is 23.7. The summed E-state index contributed by atoms with van der Waals surface area (Å²) in [5.41, 5.74) is 1.45. The largest absolute Gasteiger partial charge is 0.381 e. The molecule has 0 radical (unpaired) electrons. The minimum absolute atomic E-state index is 0.810. The van der Waals surface area contributed by atoms with Crippen molar-refractivity contribution in [2.24, 2.45) is 11.8 Å². The predicted molar refractivity (Wildman–Crippen MR) is 95.5 cm³/mol. The minimum atomic E-state index is 0.810. The topological polar surface area (TPSA) is 15.7 Å². The molecule has 1 unspecified atom stereocenters. The summed E-state index contributed by atoms with van der Waals surface area (Å²) in [6, 6.07) is 10.9. The van der Waals surface area contributed by atoms with Crippen molar-refractivity contribution in [3.63, 3.8) is 0 Å². The summed E-state index contributed by atoms with van der Waals surface area (Å²) >= 11 is 0. The Morgan fingerprint density at radius 3 is 2.57 bits per heavy atom. The maximum atomic E-state index is 5.48. The first-order valence-corrected chi connectivity index (χ1v) is 9.32. The fourth-order valence-corrected chi connectivity index (χ4v) is 3.91. The van der Waals surface area contributed by atoms with E-state index in [0.717, 1.165) is 31.6 Å². The van der Waals surface area contributed by atoms with Gasteiger partial charge in [0.15, 0.2) is 0 Å². The van der Waals surface area contributed by atoms with Crippen molar-refractivity contribution in [3.05, 3.63) is 35.9 Å². The second-order valence-electron chi connectivity index (χ2n) is 7.49. The van der Waals surface area contributed by atoms with Gasteiger partial charge in [-0.15, -0.1) is 0 Å². The molecule has 0 aliphatic carbocycles. The lowest BCUT2D eigenvalue weighted by molar-refractivity contribution is 0.144. The molecule has 0 bridgehead atoms. The second-order valence-corrected chi connectivity index (χ2v) is 7.49. The van der Waals surface area contributed by atoms with Crippen molar-refractivity contribution in [2.45, 2.75) is 32.2 Å². The summed E-state index contributed by atoms with van der Waals surface area (Å²) in [6.45, 7) is 8.10. The number of benzene rings is 1. The van der Waals surface area contributed by atoms with Gasteiger partial charge in [-0.1, -0.05) is 30.3 Å². The Bertz CT molecular complexity index is 436. The van der Waals surface area contributed by atoms with E-state index in [2.05, 4.69) is 47.2 Å². The zero-order chi connectivity index (χ0) is 15.9. The van der Waals surface area contributed by atoms with E-state index in [0.29, 0.717) is 0 Å². The summed E-state index contributed by atoms with van der Waals surface area (Å²) in [5.74, 6) is 1.69. The smallest absolute Gasteiger partial charge is 0.0495 e. The molecule has 128 valence electrons. The van der Waals surface area contributed by atoms with Crippen LogP contribution in [0.15, 0.2) is 30.3 Å². The number of hydrogen-bond acceptors (Lipinski definition) is 3. The fourth-order valence-electron chi connectivity index (χ4n) is 3.91.